The minimum atomic E-state index is -0.308. The molecular formula is C18H15Cl2NO2. The molecule has 2 amide bonds. The third-order valence-corrected chi connectivity index (χ3v) is 5.97. The second-order valence-corrected chi connectivity index (χ2v) is 7.31. The summed E-state index contributed by atoms with van der Waals surface area (Å²) < 4.78 is 0. The molecule has 23 heavy (non-hydrogen) atoms. The van der Waals surface area contributed by atoms with Crippen LogP contribution in [0.15, 0.2) is 41.5 Å². The molecule has 1 saturated carbocycles. The largest absolute Gasteiger partial charge is 0.274 e. The van der Waals surface area contributed by atoms with Crippen LogP contribution in [0.1, 0.15) is 13.8 Å². The third kappa shape index (κ3) is 1.84. The first-order valence-electron chi connectivity index (χ1n) is 7.61. The van der Waals surface area contributed by atoms with Gasteiger partial charge in [-0.25, -0.2) is 4.90 Å². The van der Waals surface area contributed by atoms with E-state index in [1.165, 1.54) is 16.0 Å². The van der Waals surface area contributed by atoms with Gasteiger partial charge < -0.3 is 0 Å². The van der Waals surface area contributed by atoms with Crippen molar-refractivity contribution in [2.45, 2.75) is 13.8 Å². The maximum Gasteiger partial charge on any atom is 0.238 e. The van der Waals surface area contributed by atoms with Gasteiger partial charge in [0.1, 0.15) is 0 Å². The van der Waals surface area contributed by atoms with Crippen molar-refractivity contribution in [2.75, 3.05) is 4.90 Å². The first-order chi connectivity index (χ1) is 10.9. The van der Waals surface area contributed by atoms with Crippen molar-refractivity contribution < 1.29 is 9.59 Å². The van der Waals surface area contributed by atoms with E-state index in [-0.39, 0.29) is 40.5 Å². The fourth-order valence-corrected chi connectivity index (χ4v) is 4.71. The number of halogens is 2. The third-order valence-electron chi connectivity index (χ3n) is 5.17. The van der Waals surface area contributed by atoms with Crippen molar-refractivity contribution in [3.8, 4) is 0 Å². The number of anilines is 1. The molecule has 2 fully saturated rings. The molecule has 4 rings (SSSR count). The van der Waals surface area contributed by atoms with E-state index in [0.29, 0.717) is 10.7 Å². The van der Waals surface area contributed by atoms with E-state index < -0.39 is 0 Å². The van der Waals surface area contributed by atoms with Crippen LogP contribution in [0.5, 0.6) is 0 Å². The minimum Gasteiger partial charge on any atom is -0.274 e. The summed E-state index contributed by atoms with van der Waals surface area (Å²) >= 11 is 12.3. The lowest BCUT2D eigenvalue weighted by molar-refractivity contribution is -0.122. The van der Waals surface area contributed by atoms with Crippen LogP contribution in [0.25, 0.3) is 0 Å². The molecule has 1 aromatic carbocycles. The quantitative estimate of drug-likeness (QED) is 0.562. The van der Waals surface area contributed by atoms with E-state index in [2.05, 4.69) is 12.2 Å². The van der Waals surface area contributed by atoms with Gasteiger partial charge in [0.15, 0.2) is 0 Å². The van der Waals surface area contributed by atoms with Gasteiger partial charge in [-0.05, 0) is 26.0 Å². The van der Waals surface area contributed by atoms with Gasteiger partial charge in [0.2, 0.25) is 11.8 Å². The van der Waals surface area contributed by atoms with E-state index in [1.54, 1.807) is 18.2 Å². The van der Waals surface area contributed by atoms with Crippen molar-refractivity contribution in [3.63, 3.8) is 0 Å². The smallest absolute Gasteiger partial charge is 0.238 e. The lowest BCUT2D eigenvalue weighted by atomic mass is 9.85. The highest BCUT2D eigenvalue weighted by molar-refractivity contribution is 6.45. The molecule has 5 heteroatoms. The molecule has 1 saturated heterocycles. The molecule has 3 aliphatic rings. The van der Waals surface area contributed by atoms with Gasteiger partial charge in [-0.1, -0.05) is 52.6 Å². The van der Waals surface area contributed by atoms with Crippen LogP contribution in [-0.4, -0.2) is 11.8 Å². The Kier molecular flexibility index (Phi) is 3.23. The fraction of sp³-hybridized carbons (Fsp3) is 0.333. The molecule has 2 bridgehead atoms. The molecule has 0 aromatic heterocycles. The molecule has 0 radical (unpaired) electrons. The topological polar surface area (TPSA) is 37.4 Å². The Morgan fingerprint density at radius 3 is 2.09 bits per heavy atom. The molecule has 0 N–H and O–H groups in total. The van der Waals surface area contributed by atoms with Crippen LogP contribution in [0, 0.1) is 23.7 Å². The van der Waals surface area contributed by atoms with Crippen LogP contribution in [-0.2, 0) is 9.59 Å². The van der Waals surface area contributed by atoms with Gasteiger partial charge in [0, 0.05) is 11.8 Å². The summed E-state index contributed by atoms with van der Waals surface area (Å²) in [6.07, 6.45) is 4.14. The van der Waals surface area contributed by atoms with Gasteiger partial charge >= 0.3 is 0 Å². The summed E-state index contributed by atoms with van der Waals surface area (Å²) in [6, 6.07) is 5.01. The average Bonchev–Trinajstić information content (AvgIpc) is 3.13. The van der Waals surface area contributed by atoms with Gasteiger partial charge in [0.05, 0.1) is 27.6 Å². The number of carbonyl (C=O) groups excluding carboxylic acids is 2. The summed E-state index contributed by atoms with van der Waals surface area (Å²) in [7, 11) is 0. The number of amides is 2. The molecular weight excluding hydrogens is 333 g/mol. The highest BCUT2D eigenvalue weighted by Crippen LogP contribution is 2.57. The molecule has 2 aliphatic carbocycles. The van der Waals surface area contributed by atoms with Crippen molar-refractivity contribution >= 4 is 40.7 Å². The molecule has 0 spiro atoms. The highest BCUT2D eigenvalue weighted by atomic mass is 35.5. The second-order valence-electron chi connectivity index (χ2n) is 6.53. The van der Waals surface area contributed by atoms with E-state index in [4.69, 9.17) is 23.2 Å². The zero-order valence-electron chi connectivity index (χ0n) is 12.7. The van der Waals surface area contributed by atoms with Crippen molar-refractivity contribution in [1.82, 2.24) is 0 Å². The van der Waals surface area contributed by atoms with E-state index >= 15 is 0 Å². The Hall–Kier alpha value is -1.58. The second kappa shape index (κ2) is 4.96. The van der Waals surface area contributed by atoms with E-state index in [9.17, 15) is 9.59 Å². The molecule has 1 aromatic rings. The van der Waals surface area contributed by atoms with Crippen molar-refractivity contribution in [3.05, 3.63) is 51.5 Å². The predicted molar refractivity (Wildman–Crippen MR) is 90.4 cm³/mol. The number of benzene rings is 1. The van der Waals surface area contributed by atoms with E-state index in [0.717, 1.165) is 0 Å². The standard InChI is InChI=1S/C18H15Cl2NO2/c1-8(2)13-9-6-7-10(13)15-14(9)17(22)21(18(15)23)12-5-3-4-11(19)16(12)20/h3-7,9-10,14-15H,1-2H3/t9-,10-,14+,15+/m1/s1. The van der Waals surface area contributed by atoms with Crippen molar-refractivity contribution in [2.24, 2.45) is 23.7 Å². The summed E-state index contributed by atoms with van der Waals surface area (Å²) in [6.45, 7) is 4.09. The Balaban J connectivity index is 1.80. The lowest BCUT2D eigenvalue weighted by Gasteiger charge is -2.20. The molecule has 4 atom stereocenters. The minimum absolute atomic E-state index is 0.0365. The van der Waals surface area contributed by atoms with Crippen LogP contribution in [0.3, 0.4) is 0 Å². The number of rotatable bonds is 1. The number of carbonyl (C=O) groups is 2. The normalized spacial score (nSPS) is 31.3. The zero-order valence-corrected chi connectivity index (χ0v) is 14.2. The van der Waals surface area contributed by atoms with Crippen molar-refractivity contribution in [1.29, 1.82) is 0 Å². The maximum absolute atomic E-state index is 13.0. The average molecular weight is 348 g/mol. The number of hydrogen-bond acceptors (Lipinski definition) is 2. The van der Waals surface area contributed by atoms with E-state index in [1.807, 2.05) is 13.8 Å². The molecule has 0 unspecified atom stereocenters. The summed E-state index contributed by atoms with van der Waals surface area (Å²) in [5.41, 5.74) is 2.83. The SMILES string of the molecule is CC(C)=C1[C@H]2C=C[C@H]1[C@@H]1C(=O)N(c3cccc(Cl)c3Cl)C(=O)[C@H]12. The highest BCUT2D eigenvalue weighted by Gasteiger charge is 2.62. The lowest BCUT2D eigenvalue weighted by Crippen LogP contribution is -2.33. The van der Waals surface area contributed by atoms with Crippen LogP contribution in [0.2, 0.25) is 10.0 Å². The Labute approximate surface area is 144 Å². The number of allylic oxidation sites excluding steroid dienone is 4. The maximum atomic E-state index is 13.0. The van der Waals surface area contributed by atoms with Crippen LogP contribution >= 0.6 is 23.2 Å². The molecule has 3 nitrogen and oxygen atoms in total. The van der Waals surface area contributed by atoms with Crippen LogP contribution in [0.4, 0.5) is 5.69 Å². The van der Waals surface area contributed by atoms with Gasteiger partial charge in [-0.3, -0.25) is 9.59 Å². The number of nitrogens with zero attached hydrogens (tertiary/aromatic N) is 1. The Morgan fingerprint density at radius 1 is 1.00 bits per heavy atom. The number of imide groups is 1. The Bertz CT molecular complexity index is 773. The summed E-state index contributed by atoms with van der Waals surface area (Å²) in [5.74, 6) is -0.877. The molecule has 118 valence electrons. The monoisotopic (exact) mass is 347 g/mol. The zero-order chi connectivity index (χ0) is 16.5. The summed E-state index contributed by atoms with van der Waals surface area (Å²) in [5, 5.41) is 0.589. The number of hydrogen-bond donors (Lipinski definition) is 0. The van der Waals surface area contributed by atoms with Crippen LogP contribution < -0.4 is 4.90 Å². The van der Waals surface area contributed by atoms with Gasteiger partial charge in [-0.2, -0.15) is 0 Å². The summed E-state index contributed by atoms with van der Waals surface area (Å²) in [4.78, 5) is 27.2. The predicted octanol–water partition coefficient (Wildman–Crippen LogP) is 4.25. The molecule has 1 aliphatic heterocycles. The first kappa shape index (κ1) is 15.0. The fourth-order valence-electron chi connectivity index (χ4n) is 4.33. The number of fused-ring (bicyclic) bond motifs is 5. The van der Waals surface area contributed by atoms with Gasteiger partial charge in [0.25, 0.3) is 0 Å². The first-order valence-corrected chi connectivity index (χ1v) is 8.36. The Morgan fingerprint density at radius 2 is 1.57 bits per heavy atom. The van der Waals surface area contributed by atoms with Gasteiger partial charge in [-0.15, -0.1) is 0 Å². The molecule has 1 heterocycles.